The van der Waals surface area contributed by atoms with E-state index in [1.165, 1.54) is 0 Å². The van der Waals surface area contributed by atoms with Gasteiger partial charge >= 0.3 is 0 Å². The van der Waals surface area contributed by atoms with Crippen LogP contribution in [0.15, 0.2) is 42.5 Å². The fourth-order valence-electron chi connectivity index (χ4n) is 3.00. The summed E-state index contributed by atoms with van der Waals surface area (Å²) in [7, 11) is 0. The Kier molecular flexibility index (Phi) is 3.69. The number of imidazole rings is 1. The van der Waals surface area contributed by atoms with Gasteiger partial charge in [0.15, 0.2) is 0 Å². The Labute approximate surface area is 148 Å². The summed E-state index contributed by atoms with van der Waals surface area (Å²) in [4.78, 5) is 29.2. The highest BCUT2D eigenvalue weighted by molar-refractivity contribution is 6.31. The maximum Gasteiger partial charge on any atom is 0.248 e. The van der Waals surface area contributed by atoms with E-state index in [-0.39, 0.29) is 18.2 Å². The van der Waals surface area contributed by atoms with Gasteiger partial charge in [0.05, 0.1) is 17.5 Å². The van der Waals surface area contributed by atoms with E-state index in [4.69, 9.17) is 11.6 Å². The van der Waals surface area contributed by atoms with Crippen LogP contribution in [0.1, 0.15) is 18.0 Å². The minimum absolute atomic E-state index is 0.0543. The number of benzene rings is 2. The van der Waals surface area contributed by atoms with Gasteiger partial charge in [-0.15, -0.1) is 0 Å². The number of amides is 2. The van der Waals surface area contributed by atoms with Gasteiger partial charge in [0.25, 0.3) is 0 Å². The van der Waals surface area contributed by atoms with E-state index in [0.717, 1.165) is 16.6 Å². The Hall–Kier alpha value is -2.86. The number of carbonyl (C=O) groups is 2. The van der Waals surface area contributed by atoms with E-state index in [9.17, 15) is 9.59 Å². The van der Waals surface area contributed by atoms with Crippen LogP contribution in [0.3, 0.4) is 0 Å². The van der Waals surface area contributed by atoms with Crippen LogP contribution in [-0.4, -0.2) is 21.4 Å². The van der Waals surface area contributed by atoms with Crippen molar-refractivity contribution < 1.29 is 9.59 Å². The molecule has 2 aromatic carbocycles. The highest BCUT2D eigenvalue weighted by Gasteiger charge is 2.32. The van der Waals surface area contributed by atoms with Crippen molar-refractivity contribution in [3.05, 3.63) is 53.1 Å². The maximum absolute atomic E-state index is 12.8. The Morgan fingerprint density at radius 3 is 2.92 bits per heavy atom. The normalized spacial score (nSPS) is 16.4. The van der Waals surface area contributed by atoms with Crippen molar-refractivity contribution in [2.45, 2.75) is 19.4 Å². The molecule has 1 atom stereocenters. The smallest absolute Gasteiger partial charge is 0.248 e. The van der Waals surface area contributed by atoms with E-state index in [1.807, 2.05) is 37.3 Å². The molecule has 1 aliphatic rings. The van der Waals surface area contributed by atoms with Gasteiger partial charge in [0, 0.05) is 10.7 Å². The number of rotatable bonds is 2. The summed E-state index contributed by atoms with van der Waals surface area (Å²) in [6.45, 7) is 1.89. The number of hydrogen-bond donors (Lipinski definition) is 2. The van der Waals surface area contributed by atoms with Crippen LogP contribution in [0.2, 0.25) is 5.02 Å². The Morgan fingerprint density at radius 2 is 2.12 bits per heavy atom. The molecule has 2 amide bonds. The summed E-state index contributed by atoms with van der Waals surface area (Å²) in [6.07, 6.45) is 0.0543. The van der Waals surface area contributed by atoms with Crippen molar-refractivity contribution in [2.24, 2.45) is 0 Å². The van der Waals surface area contributed by atoms with E-state index >= 15 is 0 Å². The van der Waals surface area contributed by atoms with Gasteiger partial charge in [-0.1, -0.05) is 29.8 Å². The minimum Gasteiger partial charge on any atom is -0.324 e. The summed E-state index contributed by atoms with van der Waals surface area (Å²) < 4.78 is 1.77. The lowest BCUT2D eigenvalue weighted by atomic mass is 10.1. The minimum atomic E-state index is -0.670. The van der Waals surface area contributed by atoms with Crippen molar-refractivity contribution in [2.75, 3.05) is 10.6 Å². The third-order valence-electron chi connectivity index (χ3n) is 4.28. The molecule has 0 saturated heterocycles. The van der Waals surface area contributed by atoms with Crippen molar-refractivity contribution in [3.8, 4) is 0 Å². The second-order valence-electron chi connectivity index (χ2n) is 6.02. The highest BCUT2D eigenvalue weighted by atomic mass is 35.5. The number of anilines is 2. The quantitative estimate of drug-likeness (QED) is 0.739. The molecule has 1 aromatic heterocycles. The van der Waals surface area contributed by atoms with Crippen LogP contribution < -0.4 is 10.6 Å². The largest absolute Gasteiger partial charge is 0.324 e. The fourth-order valence-corrected chi connectivity index (χ4v) is 3.18. The SMILES string of the molecule is Cc1ccc(NC(=O)[C@H]2CC(=O)Nc3nc4ccccc4n32)cc1Cl. The van der Waals surface area contributed by atoms with Crippen molar-refractivity contribution in [1.29, 1.82) is 0 Å². The Morgan fingerprint density at radius 1 is 1.32 bits per heavy atom. The summed E-state index contributed by atoms with van der Waals surface area (Å²) in [5.41, 5.74) is 3.06. The number of fused-ring (bicyclic) bond motifs is 3. The number of aryl methyl sites for hydroxylation is 1. The van der Waals surface area contributed by atoms with Gasteiger partial charge in [0.1, 0.15) is 6.04 Å². The van der Waals surface area contributed by atoms with Gasteiger partial charge in [0.2, 0.25) is 17.8 Å². The zero-order valence-electron chi connectivity index (χ0n) is 13.4. The standard InChI is InChI=1S/C18H15ClN4O2/c1-10-6-7-11(8-12(10)19)20-17(25)15-9-16(24)22-18-21-13-4-2-3-5-14(13)23(15)18/h2-8,15H,9H2,1H3,(H,20,25)(H,21,22,24)/t15-/m1/s1. The predicted molar refractivity (Wildman–Crippen MR) is 96.8 cm³/mol. The fraction of sp³-hybridized carbons (Fsp3) is 0.167. The van der Waals surface area contributed by atoms with Gasteiger partial charge in [-0.3, -0.25) is 19.5 Å². The van der Waals surface area contributed by atoms with Crippen molar-refractivity contribution >= 4 is 46.1 Å². The second-order valence-corrected chi connectivity index (χ2v) is 6.42. The van der Waals surface area contributed by atoms with Crippen LogP contribution >= 0.6 is 11.6 Å². The van der Waals surface area contributed by atoms with Gasteiger partial charge < -0.3 is 5.32 Å². The Balaban J connectivity index is 1.71. The first-order valence-corrected chi connectivity index (χ1v) is 8.24. The van der Waals surface area contributed by atoms with Crippen LogP contribution in [0.25, 0.3) is 11.0 Å². The zero-order valence-corrected chi connectivity index (χ0v) is 14.2. The molecule has 2 N–H and O–H groups in total. The Bertz CT molecular complexity index is 1010. The monoisotopic (exact) mass is 354 g/mol. The second kappa shape index (κ2) is 5.89. The molecule has 3 aromatic rings. The lowest BCUT2D eigenvalue weighted by molar-refractivity contribution is -0.124. The molecule has 25 heavy (non-hydrogen) atoms. The number of carbonyl (C=O) groups excluding carboxylic acids is 2. The van der Waals surface area contributed by atoms with Crippen molar-refractivity contribution in [3.63, 3.8) is 0 Å². The van der Waals surface area contributed by atoms with E-state index in [2.05, 4.69) is 15.6 Å². The molecule has 0 fully saturated rings. The van der Waals surface area contributed by atoms with E-state index in [1.54, 1.807) is 16.7 Å². The number of aromatic nitrogens is 2. The molecule has 0 unspecified atom stereocenters. The molecule has 2 heterocycles. The molecule has 4 rings (SSSR count). The molecule has 0 saturated carbocycles. The first kappa shape index (κ1) is 15.7. The average Bonchev–Trinajstić information content (AvgIpc) is 2.95. The summed E-state index contributed by atoms with van der Waals surface area (Å²) >= 11 is 6.12. The van der Waals surface area contributed by atoms with Crippen LogP contribution in [0.4, 0.5) is 11.6 Å². The number of nitrogens with one attached hydrogen (secondary N) is 2. The highest BCUT2D eigenvalue weighted by Crippen LogP contribution is 2.31. The van der Waals surface area contributed by atoms with E-state index in [0.29, 0.717) is 16.7 Å². The van der Waals surface area contributed by atoms with Gasteiger partial charge in [-0.2, -0.15) is 0 Å². The number of hydrogen-bond acceptors (Lipinski definition) is 3. The molecule has 1 aliphatic heterocycles. The number of para-hydroxylation sites is 2. The third-order valence-corrected chi connectivity index (χ3v) is 4.69. The first-order chi connectivity index (χ1) is 12.0. The molecular formula is C18H15ClN4O2. The molecule has 0 bridgehead atoms. The maximum atomic E-state index is 12.8. The average molecular weight is 355 g/mol. The lowest BCUT2D eigenvalue weighted by Crippen LogP contribution is -2.35. The number of nitrogens with zero attached hydrogens (tertiary/aromatic N) is 2. The summed E-state index contributed by atoms with van der Waals surface area (Å²) in [6, 6.07) is 12.1. The van der Waals surface area contributed by atoms with Crippen molar-refractivity contribution in [1.82, 2.24) is 9.55 Å². The molecular weight excluding hydrogens is 340 g/mol. The molecule has 7 heteroatoms. The lowest BCUT2D eigenvalue weighted by Gasteiger charge is -2.25. The topological polar surface area (TPSA) is 76.0 Å². The molecule has 0 aliphatic carbocycles. The molecule has 6 nitrogen and oxygen atoms in total. The predicted octanol–water partition coefficient (Wildman–Crippen LogP) is 3.52. The zero-order chi connectivity index (χ0) is 17.6. The van der Waals surface area contributed by atoms with Crippen LogP contribution in [0.5, 0.6) is 0 Å². The van der Waals surface area contributed by atoms with E-state index < -0.39 is 6.04 Å². The summed E-state index contributed by atoms with van der Waals surface area (Å²) in [5.74, 6) is -0.122. The van der Waals surface area contributed by atoms with Crippen LogP contribution in [-0.2, 0) is 9.59 Å². The van der Waals surface area contributed by atoms with Gasteiger partial charge in [-0.25, -0.2) is 4.98 Å². The molecule has 126 valence electrons. The van der Waals surface area contributed by atoms with Gasteiger partial charge in [-0.05, 0) is 36.8 Å². The molecule has 0 radical (unpaired) electrons. The van der Waals surface area contributed by atoms with Crippen LogP contribution in [0, 0.1) is 6.92 Å². The summed E-state index contributed by atoms with van der Waals surface area (Å²) in [5, 5.41) is 6.15. The number of halogens is 1. The third kappa shape index (κ3) is 2.74. The first-order valence-electron chi connectivity index (χ1n) is 7.87. The molecule has 0 spiro atoms.